The summed E-state index contributed by atoms with van der Waals surface area (Å²) in [5.41, 5.74) is -2.23. The molecular weight excluding hydrogens is 260 g/mol. The molecule has 0 bridgehead atoms. The molecule has 0 spiro atoms. The first-order valence-corrected chi connectivity index (χ1v) is 6.76. The second kappa shape index (κ2) is 3.80. The van der Waals surface area contributed by atoms with Gasteiger partial charge in [0, 0.05) is 11.5 Å². The van der Waals surface area contributed by atoms with Crippen molar-refractivity contribution in [3.8, 4) is 0 Å². The molecule has 2 N–H and O–H groups in total. The van der Waals surface area contributed by atoms with Gasteiger partial charge in [0.25, 0.3) is 0 Å². The molecule has 0 aromatic carbocycles. The van der Waals surface area contributed by atoms with E-state index < -0.39 is 29.2 Å². The molecule has 1 saturated carbocycles. The van der Waals surface area contributed by atoms with E-state index in [9.17, 15) is 19.8 Å². The van der Waals surface area contributed by atoms with Crippen LogP contribution >= 0.6 is 0 Å². The predicted molar refractivity (Wildman–Crippen MR) is 69.6 cm³/mol. The molecule has 3 aliphatic rings. The number of ketones is 1. The molecule has 3 rings (SSSR count). The average Bonchev–Trinajstić information content (AvgIpc) is 2.71. The van der Waals surface area contributed by atoms with Crippen molar-refractivity contribution in [1.82, 2.24) is 0 Å². The minimum Gasteiger partial charge on any atom is -0.455 e. The lowest BCUT2D eigenvalue weighted by Gasteiger charge is -2.40. The fourth-order valence-corrected chi connectivity index (χ4v) is 3.95. The van der Waals surface area contributed by atoms with E-state index in [2.05, 4.69) is 6.58 Å². The van der Waals surface area contributed by atoms with Crippen molar-refractivity contribution < 1.29 is 24.5 Å². The lowest BCUT2D eigenvalue weighted by molar-refractivity contribution is -0.168. The summed E-state index contributed by atoms with van der Waals surface area (Å²) in [6.45, 7) is 6.91. The van der Waals surface area contributed by atoms with Crippen molar-refractivity contribution in [3.63, 3.8) is 0 Å². The van der Waals surface area contributed by atoms with E-state index >= 15 is 0 Å². The van der Waals surface area contributed by atoms with Crippen molar-refractivity contribution in [2.75, 3.05) is 0 Å². The SMILES string of the molecule is C=C1C(=O)O[C@H]2[C@H]1CC[C@@](C)(O)[C@@H]1C(=O)C=C(C)[C@@]12O. The monoisotopic (exact) mass is 278 g/mol. The van der Waals surface area contributed by atoms with E-state index in [1.54, 1.807) is 13.8 Å². The van der Waals surface area contributed by atoms with Crippen LogP contribution in [0.3, 0.4) is 0 Å². The van der Waals surface area contributed by atoms with Gasteiger partial charge >= 0.3 is 5.97 Å². The number of esters is 1. The van der Waals surface area contributed by atoms with Gasteiger partial charge in [-0.1, -0.05) is 6.58 Å². The molecule has 0 radical (unpaired) electrons. The molecule has 2 fully saturated rings. The molecule has 2 aliphatic carbocycles. The standard InChI is InChI=1S/C15H18O5/c1-7-6-10(16)11-14(3,18)5-4-9-8(2)13(17)20-12(9)15(7,11)19/h6,9,11-12,18-19H,2,4-5H2,1,3H3/t9-,11-,12-,14+,15+/m0/s1. The topological polar surface area (TPSA) is 83.8 Å². The first-order chi connectivity index (χ1) is 9.19. The number of carbonyl (C=O) groups is 2. The highest BCUT2D eigenvalue weighted by Crippen LogP contribution is 2.53. The summed E-state index contributed by atoms with van der Waals surface area (Å²) in [6, 6.07) is 0. The molecule has 5 atom stereocenters. The van der Waals surface area contributed by atoms with E-state index in [1.807, 2.05) is 0 Å². The quantitative estimate of drug-likeness (QED) is 0.498. The van der Waals surface area contributed by atoms with Gasteiger partial charge in [-0.05, 0) is 38.3 Å². The van der Waals surface area contributed by atoms with Crippen molar-refractivity contribution >= 4 is 11.8 Å². The fourth-order valence-electron chi connectivity index (χ4n) is 3.95. The van der Waals surface area contributed by atoms with Gasteiger partial charge in [0.05, 0.1) is 11.5 Å². The Hall–Kier alpha value is -1.46. The Morgan fingerprint density at radius 3 is 2.70 bits per heavy atom. The van der Waals surface area contributed by atoms with Crippen LogP contribution in [0.1, 0.15) is 26.7 Å². The van der Waals surface area contributed by atoms with Crippen molar-refractivity contribution in [2.45, 2.75) is 44.0 Å². The van der Waals surface area contributed by atoms with Crippen LogP contribution in [-0.2, 0) is 14.3 Å². The van der Waals surface area contributed by atoms with Gasteiger partial charge in [-0.25, -0.2) is 4.79 Å². The molecule has 0 unspecified atom stereocenters. The number of aliphatic hydroxyl groups is 2. The Labute approximate surface area is 116 Å². The summed E-state index contributed by atoms with van der Waals surface area (Å²) < 4.78 is 5.29. The van der Waals surface area contributed by atoms with E-state index in [-0.39, 0.29) is 11.7 Å². The number of hydrogen-bond donors (Lipinski definition) is 2. The Kier molecular flexibility index (Phi) is 2.57. The zero-order chi connectivity index (χ0) is 14.9. The van der Waals surface area contributed by atoms with Crippen LogP contribution < -0.4 is 0 Å². The molecule has 0 aromatic rings. The Morgan fingerprint density at radius 2 is 2.05 bits per heavy atom. The highest BCUT2D eigenvalue weighted by atomic mass is 16.6. The molecule has 20 heavy (non-hydrogen) atoms. The zero-order valence-electron chi connectivity index (χ0n) is 11.5. The summed E-state index contributed by atoms with van der Waals surface area (Å²) in [6.07, 6.45) is 1.27. The van der Waals surface area contributed by atoms with Gasteiger partial charge in [0.15, 0.2) is 5.78 Å². The summed E-state index contributed by atoms with van der Waals surface area (Å²) in [4.78, 5) is 23.9. The smallest absolute Gasteiger partial charge is 0.334 e. The zero-order valence-corrected chi connectivity index (χ0v) is 11.5. The normalized spacial score (nSPS) is 47.5. The number of allylic oxidation sites excluding steroid dienone is 1. The molecule has 108 valence electrons. The maximum Gasteiger partial charge on any atom is 0.334 e. The minimum absolute atomic E-state index is 0.309. The Bertz CT molecular complexity index is 559. The van der Waals surface area contributed by atoms with Gasteiger partial charge < -0.3 is 14.9 Å². The Morgan fingerprint density at radius 1 is 1.40 bits per heavy atom. The number of carbonyl (C=O) groups excluding carboxylic acids is 2. The van der Waals surface area contributed by atoms with E-state index in [0.717, 1.165) is 0 Å². The minimum atomic E-state index is -1.64. The fraction of sp³-hybridized carbons (Fsp3) is 0.600. The number of fused-ring (bicyclic) bond motifs is 3. The Balaban J connectivity index is 2.17. The van der Waals surface area contributed by atoms with Crippen molar-refractivity contribution in [2.24, 2.45) is 11.8 Å². The van der Waals surface area contributed by atoms with Gasteiger partial charge in [0.2, 0.25) is 0 Å². The average molecular weight is 278 g/mol. The van der Waals surface area contributed by atoms with Crippen molar-refractivity contribution in [1.29, 1.82) is 0 Å². The lowest BCUT2D eigenvalue weighted by atomic mass is 9.72. The summed E-state index contributed by atoms with van der Waals surface area (Å²) in [7, 11) is 0. The van der Waals surface area contributed by atoms with E-state index in [0.29, 0.717) is 24.0 Å². The van der Waals surface area contributed by atoms with Crippen LogP contribution in [-0.4, -0.2) is 39.3 Å². The molecule has 0 aromatic heterocycles. The highest BCUT2D eigenvalue weighted by molar-refractivity contribution is 5.99. The van der Waals surface area contributed by atoms with Crippen LogP contribution in [0.25, 0.3) is 0 Å². The maximum atomic E-state index is 12.2. The third-order valence-electron chi connectivity index (χ3n) is 5.04. The molecule has 0 amide bonds. The molecule has 5 heteroatoms. The molecule has 1 saturated heterocycles. The largest absolute Gasteiger partial charge is 0.455 e. The lowest BCUT2D eigenvalue weighted by Crippen LogP contribution is -2.56. The van der Waals surface area contributed by atoms with Gasteiger partial charge in [-0.2, -0.15) is 0 Å². The first kappa shape index (κ1) is 13.5. The number of hydrogen-bond acceptors (Lipinski definition) is 5. The van der Waals surface area contributed by atoms with Gasteiger partial charge in [-0.15, -0.1) is 0 Å². The highest BCUT2D eigenvalue weighted by Gasteiger charge is 2.65. The second-order valence-corrected chi connectivity index (χ2v) is 6.34. The molecule has 1 aliphatic heterocycles. The van der Waals surface area contributed by atoms with Crippen LogP contribution in [0.4, 0.5) is 0 Å². The van der Waals surface area contributed by atoms with Gasteiger partial charge in [0.1, 0.15) is 11.7 Å². The first-order valence-electron chi connectivity index (χ1n) is 6.76. The van der Waals surface area contributed by atoms with Crippen LogP contribution in [0.5, 0.6) is 0 Å². The molecule has 1 heterocycles. The third-order valence-corrected chi connectivity index (χ3v) is 5.04. The number of ether oxygens (including phenoxy) is 1. The molecule has 5 nitrogen and oxygen atoms in total. The second-order valence-electron chi connectivity index (χ2n) is 6.34. The van der Waals surface area contributed by atoms with Crippen LogP contribution in [0.2, 0.25) is 0 Å². The predicted octanol–water partition coefficient (Wildman–Crippen LogP) is 0.505. The van der Waals surface area contributed by atoms with E-state index in [1.165, 1.54) is 6.08 Å². The third kappa shape index (κ3) is 1.45. The van der Waals surface area contributed by atoms with Gasteiger partial charge in [-0.3, -0.25) is 4.79 Å². The number of rotatable bonds is 0. The van der Waals surface area contributed by atoms with E-state index in [4.69, 9.17) is 4.74 Å². The van der Waals surface area contributed by atoms with Crippen LogP contribution in [0.15, 0.2) is 23.8 Å². The maximum absolute atomic E-state index is 12.2. The summed E-state index contributed by atoms with van der Waals surface area (Å²) >= 11 is 0. The summed E-state index contributed by atoms with van der Waals surface area (Å²) in [5.74, 6) is -2.20. The van der Waals surface area contributed by atoms with Crippen molar-refractivity contribution in [3.05, 3.63) is 23.8 Å². The van der Waals surface area contributed by atoms with Crippen LogP contribution in [0, 0.1) is 11.8 Å². The molecular formula is C15H18O5. The summed E-state index contributed by atoms with van der Waals surface area (Å²) in [5, 5.41) is 21.7.